The lowest BCUT2D eigenvalue weighted by Gasteiger charge is -1.96. The van der Waals surface area contributed by atoms with E-state index in [-0.39, 0.29) is 0 Å². The van der Waals surface area contributed by atoms with Crippen LogP contribution in [0.3, 0.4) is 0 Å². The molecule has 1 heterocycles. The highest BCUT2D eigenvalue weighted by Crippen LogP contribution is 2.28. The molecule has 3 heteroatoms. The van der Waals surface area contributed by atoms with Crippen molar-refractivity contribution in [2.75, 3.05) is 6.54 Å². The van der Waals surface area contributed by atoms with E-state index in [0.29, 0.717) is 5.92 Å². The van der Waals surface area contributed by atoms with E-state index in [4.69, 9.17) is 5.73 Å². The van der Waals surface area contributed by atoms with Gasteiger partial charge in [-0.2, -0.15) is 0 Å². The van der Waals surface area contributed by atoms with Crippen LogP contribution in [0.15, 0.2) is 22.5 Å². The van der Waals surface area contributed by atoms with Gasteiger partial charge in [0.15, 0.2) is 0 Å². The topological polar surface area (TPSA) is 38.4 Å². The van der Waals surface area contributed by atoms with Gasteiger partial charge in [-0.3, -0.25) is 4.99 Å². The number of hydrogen-bond acceptors (Lipinski definition) is 2. The average molecular weight is 194 g/mol. The van der Waals surface area contributed by atoms with Crippen LogP contribution < -0.4 is 5.73 Å². The summed E-state index contributed by atoms with van der Waals surface area (Å²) in [5.41, 5.74) is 5.77. The quantitative estimate of drug-likeness (QED) is 0.578. The molecular formula is C10H14N2S. The lowest BCUT2D eigenvalue weighted by molar-refractivity contribution is 0.963. The summed E-state index contributed by atoms with van der Waals surface area (Å²) in [4.78, 5) is 5.76. The number of nitrogens with two attached hydrogens (primary N) is 1. The first-order valence-corrected chi connectivity index (χ1v) is 5.56. The fourth-order valence-corrected chi connectivity index (χ4v) is 1.96. The van der Waals surface area contributed by atoms with Gasteiger partial charge in [-0.25, -0.2) is 0 Å². The van der Waals surface area contributed by atoms with Crippen molar-refractivity contribution in [2.24, 2.45) is 16.6 Å². The molecule has 0 aliphatic heterocycles. The van der Waals surface area contributed by atoms with E-state index in [1.807, 2.05) is 0 Å². The Bertz CT molecular complexity index is 286. The first-order chi connectivity index (χ1) is 6.36. The summed E-state index contributed by atoms with van der Waals surface area (Å²) in [5.74, 6) is 1.49. The van der Waals surface area contributed by atoms with Crippen LogP contribution in [0.5, 0.6) is 0 Å². The zero-order chi connectivity index (χ0) is 9.10. The molecule has 13 heavy (non-hydrogen) atoms. The Morgan fingerprint density at radius 1 is 1.62 bits per heavy atom. The van der Waals surface area contributed by atoms with Crippen molar-refractivity contribution in [3.63, 3.8) is 0 Å². The second-order valence-electron chi connectivity index (χ2n) is 3.41. The third-order valence-corrected chi connectivity index (χ3v) is 3.16. The van der Waals surface area contributed by atoms with Gasteiger partial charge in [-0.05, 0) is 24.3 Å². The predicted octanol–water partition coefficient (Wildman–Crippen LogP) is 2.06. The predicted molar refractivity (Wildman–Crippen MR) is 57.2 cm³/mol. The largest absolute Gasteiger partial charge is 0.387 e. The maximum Gasteiger partial charge on any atom is 0.0968 e. The van der Waals surface area contributed by atoms with Crippen molar-refractivity contribution >= 4 is 17.2 Å². The van der Waals surface area contributed by atoms with Gasteiger partial charge < -0.3 is 5.73 Å². The zero-order valence-electron chi connectivity index (χ0n) is 7.57. The zero-order valence-corrected chi connectivity index (χ0v) is 8.39. The minimum Gasteiger partial charge on any atom is -0.387 e. The fourth-order valence-electron chi connectivity index (χ4n) is 1.26. The lowest BCUT2D eigenvalue weighted by atomic mass is 10.3. The van der Waals surface area contributed by atoms with Gasteiger partial charge in [-0.1, -0.05) is 6.07 Å². The number of rotatable bonds is 4. The minimum absolute atomic E-state index is 0.614. The van der Waals surface area contributed by atoms with Crippen LogP contribution >= 0.6 is 11.3 Å². The highest BCUT2D eigenvalue weighted by atomic mass is 32.1. The SMILES string of the molecule is NC(=NCCc1cccs1)C1CC1. The molecule has 70 valence electrons. The molecule has 2 nitrogen and oxygen atoms in total. The Labute approximate surface area is 82.5 Å². The van der Waals surface area contributed by atoms with Gasteiger partial charge >= 0.3 is 0 Å². The Morgan fingerprint density at radius 3 is 3.08 bits per heavy atom. The molecule has 1 fully saturated rings. The maximum atomic E-state index is 5.77. The Morgan fingerprint density at radius 2 is 2.46 bits per heavy atom. The molecular weight excluding hydrogens is 180 g/mol. The van der Waals surface area contributed by atoms with Gasteiger partial charge in [0.2, 0.25) is 0 Å². The molecule has 0 unspecified atom stereocenters. The summed E-state index contributed by atoms with van der Waals surface area (Å²) in [6, 6.07) is 4.22. The number of aliphatic imine (C=N–C) groups is 1. The smallest absolute Gasteiger partial charge is 0.0968 e. The van der Waals surface area contributed by atoms with E-state index in [2.05, 4.69) is 22.5 Å². The first kappa shape index (κ1) is 8.75. The summed E-state index contributed by atoms with van der Waals surface area (Å²) in [7, 11) is 0. The number of amidine groups is 1. The molecule has 1 aromatic rings. The van der Waals surface area contributed by atoms with E-state index >= 15 is 0 Å². The summed E-state index contributed by atoms with van der Waals surface area (Å²) in [6.07, 6.45) is 3.52. The molecule has 0 bridgehead atoms. The van der Waals surface area contributed by atoms with Crippen LogP contribution in [0.4, 0.5) is 0 Å². The second-order valence-corrected chi connectivity index (χ2v) is 4.44. The van der Waals surface area contributed by atoms with Gasteiger partial charge in [0.05, 0.1) is 5.84 Å². The van der Waals surface area contributed by atoms with Gasteiger partial charge in [0, 0.05) is 23.8 Å². The molecule has 0 spiro atoms. The molecule has 1 aliphatic rings. The van der Waals surface area contributed by atoms with E-state index < -0.39 is 0 Å². The summed E-state index contributed by atoms with van der Waals surface area (Å²) in [5, 5.41) is 2.10. The van der Waals surface area contributed by atoms with E-state index in [1.165, 1.54) is 17.7 Å². The molecule has 1 aromatic heterocycles. The van der Waals surface area contributed by atoms with Crippen LogP contribution in [0, 0.1) is 5.92 Å². The third-order valence-electron chi connectivity index (χ3n) is 2.23. The molecule has 2 rings (SSSR count). The Balaban J connectivity index is 1.76. The van der Waals surface area contributed by atoms with Crippen LogP contribution in [-0.2, 0) is 6.42 Å². The molecule has 1 aliphatic carbocycles. The van der Waals surface area contributed by atoms with Gasteiger partial charge in [0.25, 0.3) is 0 Å². The first-order valence-electron chi connectivity index (χ1n) is 4.68. The van der Waals surface area contributed by atoms with Crippen molar-refractivity contribution in [2.45, 2.75) is 19.3 Å². The molecule has 0 saturated heterocycles. The molecule has 0 atom stereocenters. The van der Waals surface area contributed by atoms with Crippen molar-refractivity contribution in [1.82, 2.24) is 0 Å². The number of thiophene rings is 1. The van der Waals surface area contributed by atoms with E-state index in [1.54, 1.807) is 11.3 Å². The highest BCUT2D eigenvalue weighted by molar-refractivity contribution is 7.09. The third kappa shape index (κ3) is 2.56. The van der Waals surface area contributed by atoms with Gasteiger partial charge in [-0.15, -0.1) is 11.3 Å². The normalized spacial score (nSPS) is 17.7. The number of nitrogens with zero attached hydrogens (tertiary/aromatic N) is 1. The van der Waals surface area contributed by atoms with Crippen molar-refractivity contribution in [3.8, 4) is 0 Å². The molecule has 2 N–H and O–H groups in total. The van der Waals surface area contributed by atoms with Crippen LogP contribution in [0.25, 0.3) is 0 Å². The van der Waals surface area contributed by atoms with E-state index in [0.717, 1.165) is 18.8 Å². The van der Waals surface area contributed by atoms with Gasteiger partial charge in [0.1, 0.15) is 0 Å². The molecule has 0 amide bonds. The Hall–Kier alpha value is -0.830. The standard InChI is InChI=1S/C10H14N2S/c11-10(8-3-4-8)12-6-5-9-2-1-7-13-9/h1-2,7-8H,3-6H2,(H2,11,12). The molecule has 1 saturated carbocycles. The van der Waals surface area contributed by atoms with Crippen LogP contribution in [0.2, 0.25) is 0 Å². The van der Waals surface area contributed by atoms with Crippen molar-refractivity contribution < 1.29 is 0 Å². The summed E-state index contributed by atoms with van der Waals surface area (Å²) in [6.45, 7) is 0.850. The molecule has 0 aromatic carbocycles. The van der Waals surface area contributed by atoms with E-state index in [9.17, 15) is 0 Å². The monoisotopic (exact) mass is 194 g/mol. The van der Waals surface area contributed by atoms with Crippen molar-refractivity contribution in [3.05, 3.63) is 22.4 Å². The summed E-state index contributed by atoms with van der Waals surface area (Å²) < 4.78 is 0. The maximum absolute atomic E-state index is 5.77. The van der Waals surface area contributed by atoms with Crippen molar-refractivity contribution in [1.29, 1.82) is 0 Å². The van der Waals surface area contributed by atoms with Crippen LogP contribution in [0.1, 0.15) is 17.7 Å². The number of hydrogen-bond donors (Lipinski definition) is 1. The highest BCUT2D eigenvalue weighted by Gasteiger charge is 2.24. The van der Waals surface area contributed by atoms with Crippen LogP contribution in [-0.4, -0.2) is 12.4 Å². The minimum atomic E-state index is 0.614. The average Bonchev–Trinajstić information content (AvgIpc) is 2.86. The lowest BCUT2D eigenvalue weighted by Crippen LogP contribution is -2.14. The fraction of sp³-hybridized carbons (Fsp3) is 0.500. The molecule has 0 radical (unpaired) electrons. The second kappa shape index (κ2) is 3.92. The Kier molecular flexibility index (Phi) is 2.64. The summed E-state index contributed by atoms with van der Waals surface area (Å²) >= 11 is 1.79.